The van der Waals surface area contributed by atoms with Crippen LogP contribution in [0.25, 0.3) is 0 Å². The summed E-state index contributed by atoms with van der Waals surface area (Å²) in [5.41, 5.74) is 5.46. The molecule has 3 aromatic rings. The fourth-order valence-corrected chi connectivity index (χ4v) is 3.77. The Balaban J connectivity index is 1.59. The monoisotopic (exact) mass is 512 g/mol. The summed E-state index contributed by atoms with van der Waals surface area (Å²) < 4.78 is 54.8. The molecular formula is C26H24F4N6O. The quantitative estimate of drug-likeness (QED) is 0.410. The van der Waals surface area contributed by atoms with Crippen LogP contribution in [0.3, 0.4) is 0 Å². The van der Waals surface area contributed by atoms with Crippen LogP contribution >= 0.6 is 0 Å². The average Bonchev–Trinajstić information content (AvgIpc) is 2.86. The van der Waals surface area contributed by atoms with Crippen molar-refractivity contribution in [2.24, 2.45) is 0 Å². The van der Waals surface area contributed by atoms with Gasteiger partial charge < -0.3 is 16.0 Å². The van der Waals surface area contributed by atoms with E-state index in [4.69, 9.17) is 5.73 Å². The number of hydrogen-bond donors (Lipinski definition) is 2. The number of nitrogens with zero attached hydrogens (tertiary/aromatic N) is 4. The minimum atomic E-state index is -4.60. The first-order valence-electron chi connectivity index (χ1n) is 11.4. The Morgan fingerprint density at radius 1 is 1.03 bits per heavy atom. The third kappa shape index (κ3) is 6.81. The summed E-state index contributed by atoms with van der Waals surface area (Å²) in [7, 11) is 2.00. The molecule has 1 aromatic heterocycles. The number of hydrogen-bond acceptors (Lipinski definition) is 6. The first-order chi connectivity index (χ1) is 17.6. The van der Waals surface area contributed by atoms with Crippen molar-refractivity contribution in [1.29, 1.82) is 0 Å². The minimum Gasteiger partial charge on any atom is -0.368 e. The smallest absolute Gasteiger partial charge is 0.368 e. The number of nitrogen functional groups attached to an aromatic ring is 1. The highest BCUT2D eigenvalue weighted by molar-refractivity contribution is 6.05. The van der Waals surface area contributed by atoms with E-state index in [1.54, 1.807) is 0 Å². The normalized spacial score (nSPS) is 14.6. The Bertz CT molecular complexity index is 1340. The molecule has 37 heavy (non-hydrogen) atoms. The molecule has 0 radical (unpaired) electrons. The highest BCUT2D eigenvalue weighted by Gasteiger charge is 2.31. The number of rotatable bonds is 4. The lowest BCUT2D eigenvalue weighted by Gasteiger charge is -2.32. The van der Waals surface area contributed by atoms with Crippen molar-refractivity contribution < 1.29 is 22.4 Å². The maximum Gasteiger partial charge on any atom is 0.416 e. The van der Waals surface area contributed by atoms with Crippen molar-refractivity contribution in [3.05, 3.63) is 82.4 Å². The molecule has 11 heteroatoms. The van der Waals surface area contributed by atoms with Crippen LogP contribution in [-0.4, -0.2) is 58.9 Å². The van der Waals surface area contributed by atoms with Crippen LogP contribution in [0.2, 0.25) is 0 Å². The Kier molecular flexibility index (Phi) is 7.71. The van der Waals surface area contributed by atoms with E-state index >= 15 is 0 Å². The van der Waals surface area contributed by atoms with Crippen molar-refractivity contribution in [3.8, 4) is 11.8 Å². The number of likely N-dealkylation sites (N-methyl/N-ethyl adjacent to an activating group) is 1. The molecule has 0 aliphatic carbocycles. The van der Waals surface area contributed by atoms with E-state index < -0.39 is 23.5 Å². The molecule has 3 N–H and O–H groups in total. The molecule has 0 atom stereocenters. The van der Waals surface area contributed by atoms with E-state index in [0.717, 1.165) is 44.4 Å². The standard InChI is InChI=1S/C26H24F4N6O/c1-35-8-10-36(11-9-35)16-19-5-6-20(26(28,29)30)13-23(19)34-24(37)21-12-17(4-7-22(21)27)2-3-18-14-32-25(31)33-15-18/h4-7,12-15H,8-11,16H2,1H3,(H,34,37)(H2,31,32,33). The van der Waals surface area contributed by atoms with Crippen LogP contribution in [0, 0.1) is 17.7 Å². The molecule has 1 saturated heterocycles. The number of piperazine rings is 1. The average molecular weight is 513 g/mol. The largest absolute Gasteiger partial charge is 0.416 e. The van der Waals surface area contributed by atoms with Crippen molar-refractivity contribution in [2.75, 3.05) is 44.3 Å². The summed E-state index contributed by atoms with van der Waals surface area (Å²) in [6.45, 7) is 3.46. The highest BCUT2D eigenvalue weighted by Crippen LogP contribution is 2.33. The van der Waals surface area contributed by atoms with E-state index in [1.807, 2.05) is 7.05 Å². The van der Waals surface area contributed by atoms with Gasteiger partial charge in [0.2, 0.25) is 5.95 Å². The van der Waals surface area contributed by atoms with Gasteiger partial charge in [0.1, 0.15) is 5.82 Å². The van der Waals surface area contributed by atoms with Gasteiger partial charge >= 0.3 is 6.18 Å². The predicted octanol–water partition coefficient (Wildman–Crippen LogP) is 3.62. The molecule has 192 valence electrons. The first-order valence-corrected chi connectivity index (χ1v) is 11.4. The summed E-state index contributed by atoms with van der Waals surface area (Å²) >= 11 is 0. The number of alkyl halides is 3. The van der Waals surface area contributed by atoms with E-state index in [-0.39, 0.29) is 17.2 Å². The van der Waals surface area contributed by atoms with Gasteiger partial charge in [0, 0.05) is 56.4 Å². The Morgan fingerprint density at radius 3 is 2.38 bits per heavy atom. The summed E-state index contributed by atoms with van der Waals surface area (Å²) in [5, 5.41) is 2.49. The van der Waals surface area contributed by atoms with Gasteiger partial charge in [0.25, 0.3) is 5.91 Å². The van der Waals surface area contributed by atoms with Crippen LogP contribution in [0.5, 0.6) is 0 Å². The summed E-state index contributed by atoms with van der Waals surface area (Å²) in [6, 6.07) is 6.92. The molecule has 1 aliphatic rings. The SMILES string of the molecule is CN1CCN(Cc2ccc(C(F)(F)F)cc2NC(=O)c2cc(C#Cc3cnc(N)nc3)ccc2F)CC1. The Hall–Kier alpha value is -4.01. The molecule has 0 saturated carbocycles. The number of anilines is 2. The number of nitrogens with one attached hydrogen (secondary N) is 1. The van der Waals surface area contributed by atoms with Crippen LogP contribution in [-0.2, 0) is 12.7 Å². The number of aromatic nitrogens is 2. The molecule has 1 aliphatic heterocycles. The van der Waals surface area contributed by atoms with Crippen LogP contribution in [0.1, 0.15) is 32.6 Å². The molecule has 0 bridgehead atoms. The molecule has 4 rings (SSSR count). The number of amides is 1. The lowest BCUT2D eigenvalue weighted by molar-refractivity contribution is -0.137. The number of carbonyl (C=O) groups excluding carboxylic acids is 1. The maximum atomic E-state index is 14.6. The van der Waals surface area contributed by atoms with Crippen molar-refractivity contribution in [2.45, 2.75) is 12.7 Å². The lowest BCUT2D eigenvalue weighted by Crippen LogP contribution is -2.44. The van der Waals surface area contributed by atoms with Gasteiger partial charge in [0.05, 0.1) is 16.7 Å². The predicted molar refractivity (Wildman–Crippen MR) is 131 cm³/mol. The fourth-order valence-electron chi connectivity index (χ4n) is 3.77. The van der Waals surface area contributed by atoms with Crippen LogP contribution in [0.4, 0.5) is 29.2 Å². The van der Waals surface area contributed by atoms with Gasteiger partial charge in [-0.05, 0) is 42.9 Å². The van der Waals surface area contributed by atoms with Gasteiger partial charge in [-0.25, -0.2) is 14.4 Å². The van der Waals surface area contributed by atoms with Gasteiger partial charge in [0.15, 0.2) is 0 Å². The zero-order valence-corrected chi connectivity index (χ0v) is 19.9. The summed E-state index contributed by atoms with van der Waals surface area (Å²) in [4.78, 5) is 24.9. The number of nitrogens with two attached hydrogens (primary N) is 1. The van der Waals surface area contributed by atoms with Gasteiger partial charge in [-0.2, -0.15) is 13.2 Å². The number of carbonyl (C=O) groups is 1. The Morgan fingerprint density at radius 2 is 1.70 bits per heavy atom. The molecule has 1 amide bonds. The lowest BCUT2D eigenvalue weighted by atomic mass is 10.1. The van der Waals surface area contributed by atoms with E-state index in [1.165, 1.54) is 30.6 Å². The first kappa shape index (κ1) is 26.1. The molecule has 1 fully saturated rings. The second kappa shape index (κ2) is 10.9. The van der Waals surface area contributed by atoms with Gasteiger partial charge in [-0.1, -0.05) is 17.9 Å². The number of benzene rings is 2. The zero-order chi connectivity index (χ0) is 26.6. The second-order valence-electron chi connectivity index (χ2n) is 8.68. The third-order valence-corrected chi connectivity index (χ3v) is 5.91. The van der Waals surface area contributed by atoms with Gasteiger partial charge in [-0.15, -0.1) is 0 Å². The zero-order valence-electron chi connectivity index (χ0n) is 19.9. The number of halogens is 4. The van der Waals surface area contributed by atoms with Gasteiger partial charge in [-0.3, -0.25) is 9.69 Å². The van der Waals surface area contributed by atoms with E-state index in [9.17, 15) is 22.4 Å². The molecule has 2 heterocycles. The maximum absolute atomic E-state index is 14.6. The second-order valence-corrected chi connectivity index (χ2v) is 8.68. The Labute approximate surface area is 211 Å². The van der Waals surface area contributed by atoms with E-state index in [2.05, 4.69) is 36.9 Å². The van der Waals surface area contributed by atoms with Crippen molar-refractivity contribution in [1.82, 2.24) is 19.8 Å². The van der Waals surface area contributed by atoms with Crippen LogP contribution < -0.4 is 11.1 Å². The molecular weight excluding hydrogens is 488 g/mol. The molecule has 0 unspecified atom stereocenters. The molecule has 2 aromatic carbocycles. The summed E-state index contributed by atoms with van der Waals surface area (Å²) in [6.07, 6.45) is -1.76. The van der Waals surface area contributed by atoms with E-state index in [0.29, 0.717) is 23.2 Å². The third-order valence-electron chi connectivity index (χ3n) is 5.91. The minimum absolute atomic E-state index is 0.0198. The van der Waals surface area contributed by atoms with Crippen molar-refractivity contribution in [3.63, 3.8) is 0 Å². The summed E-state index contributed by atoms with van der Waals surface area (Å²) in [5.74, 6) is 3.96. The van der Waals surface area contributed by atoms with Crippen LogP contribution in [0.15, 0.2) is 48.8 Å². The molecule has 0 spiro atoms. The van der Waals surface area contributed by atoms with Crippen molar-refractivity contribution >= 4 is 17.5 Å². The molecule has 7 nitrogen and oxygen atoms in total. The highest BCUT2D eigenvalue weighted by atomic mass is 19.4. The fraction of sp³-hybridized carbons (Fsp3) is 0.269. The topological polar surface area (TPSA) is 87.4 Å².